The van der Waals surface area contributed by atoms with Crippen LogP contribution in [0.4, 0.5) is 0 Å². The summed E-state index contributed by atoms with van der Waals surface area (Å²) in [6.07, 6.45) is 1.93. The van der Waals surface area contributed by atoms with Crippen LogP contribution >= 0.6 is 0 Å². The third-order valence-corrected chi connectivity index (χ3v) is 2.35. The van der Waals surface area contributed by atoms with Crippen LogP contribution in [0.1, 0.15) is 36.3 Å². The molecule has 1 atom stereocenters. The third kappa shape index (κ3) is 3.15. The molecule has 0 aromatic carbocycles. The van der Waals surface area contributed by atoms with Crippen molar-refractivity contribution < 1.29 is 9.59 Å². The molecule has 0 bridgehead atoms. The lowest BCUT2D eigenvalue weighted by Crippen LogP contribution is -2.38. The summed E-state index contributed by atoms with van der Waals surface area (Å²) in [5.41, 5.74) is 1.33. The van der Waals surface area contributed by atoms with Crippen molar-refractivity contribution in [2.24, 2.45) is 0 Å². The normalized spacial score (nSPS) is 11.9. The number of nitrogens with zero attached hydrogens (tertiary/aromatic N) is 1. The molecule has 16 heavy (non-hydrogen) atoms. The van der Waals surface area contributed by atoms with E-state index in [1.54, 1.807) is 26.0 Å². The molecule has 4 heteroatoms. The summed E-state index contributed by atoms with van der Waals surface area (Å²) in [6, 6.07) is 3.01. The van der Waals surface area contributed by atoms with E-state index < -0.39 is 6.04 Å². The molecule has 0 spiro atoms. The van der Waals surface area contributed by atoms with Gasteiger partial charge in [-0.1, -0.05) is 6.92 Å². The second-order valence-corrected chi connectivity index (χ2v) is 3.70. The van der Waals surface area contributed by atoms with Gasteiger partial charge in [-0.3, -0.25) is 14.6 Å². The molecule has 0 aliphatic heterocycles. The Labute approximate surface area is 95.1 Å². The van der Waals surface area contributed by atoms with E-state index in [0.717, 1.165) is 5.69 Å². The van der Waals surface area contributed by atoms with Gasteiger partial charge in [0.15, 0.2) is 5.78 Å². The zero-order valence-corrected chi connectivity index (χ0v) is 9.78. The molecule has 4 nitrogen and oxygen atoms in total. The van der Waals surface area contributed by atoms with Crippen molar-refractivity contribution in [1.29, 1.82) is 0 Å². The van der Waals surface area contributed by atoms with Crippen molar-refractivity contribution in [3.8, 4) is 0 Å². The minimum Gasteiger partial charge on any atom is -0.342 e. The Morgan fingerprint density at radius 1 is 1.44 bits per heavy atom. The van der Waals surface area contributed by atoms with E-state index in [0.29, 0.717) is 12.0 Å². The lowest BCUT2D eigenvalue weighted by molar-refractivity contribution is -0.120. The van der Waals surface area contributed by atoms with Gasteiger partial charge in [-0.15, -0.1) is 0 Å². The van der Waals surface area contributed by atoms with Gasteiger partial charge in [0.05, 0.1) is 11.6 Å². The maximum atomic E-state index is 11.7. The predicted molar refractivity (Wildman–Crippen MR) is 61.2 cm³/mol. The van der Waals surface area contributed by atoms with Gasteiger partial charge in [0.1, 0.15) is 0 Å². The van der Waals surface area contributed by atoms with Crippen LogP contribution in [-0.4, -0.2) is 22.7 Å². The highest BCUT2D eigenvalue weighted by atomic mass is 16.2. The Hall–Kier alpha value is -1.71. The summed E-state index contributed by atoms with van der Waals surface area (Å²) >= 11 is 0. The minimum absolute atomic E-state index is 0.0217. The van der Waals surface area contributed by atoms with Crippen LogP contribution in [0.5, 0.6) is 0 Å². The topological polar surface area (TPSA) is 59.1 Å². The van der Waals surface area contributed by atoms with Crippen molar-refractivity contribution in [1.82, 2.24) is 10.3 Å². The highest BCUT2D eigenvalue weighted by Gasteiger charge is 2.14. The summed E-state index contributed by atoms with van der Waals surface area (Å²) in [4.78, 5) is 27.0. The maximum absolute atomic E-state index is 11.7. The van der Waals surface area contributed by atoms with Crippen molar-refractivity contribution in [3.63, 3.8) is 0 Å². The zero-order valence-electron chi connectivity index (χ0n) is 9.78. The molecule has 1 aromatic rings. The zero-order chi connectivity index (χ0) is 12.1. The lowest BCUT2D eigenvalue weighted by Gasteiger charge is -2.11. The van der Waals surface area contributed by atoms with E-state index in [2.05, 4.69) is 10.3 Å². The van der Waals surface area contributed by atoms with E-state index >= 15 is 0 Å². The van der Waals surface area contributed by atoms with Crippen LogP contribution in [0.25, 0.3) is 0 Å². The molecule has 1 rings (SSSR count). The standard InChI is InChI=1S/C12H16N2O2/c1-4-11(15)9(3)14-12(16)10-6-5-8(2)13-7-10/h5-7,9H,4H2,1-3H3,(H,14,16). The van der Waals surface area contributed by atoms with Gasteiger partial charge in [-0.25, -0.2) is 0 Å². The number of aromatic nitrogens is 1. The lowest BCUT2D eigenvalue weighted by atomic mass is 10.1. The molecule has 0 aliphatic rings. The fourth-order valence-electron chi connectivity index (χ4n) is 1.27. The van der Waals surface area contributed by atoms with Gasteiger partial charge in [0, 0.05) is 18.3 Å². The van der Waals surface area contributed by atoms with E-state index in [-0.39, 0.29) is 11.7 Å². The Morgan fingerprint density at radius 2 is 2.12 bits per heavy atom. The minimum atomic E-state index is -0.446. The molecule has 86 valence electrons. The molecule has 1 amide bonds. The molecule has 1 unspecified atom stereocenters. The van der Waals surface area contributed by atoms with E-state index in [1.165, 1.54) is 6.20 Å². The molecule has 1 N–H and O–H groups in total. The van der Waals surface area contributed by atoms with Gasteiger partial charge in [0.2, 0.25) is 0 Å². The van der Waals surface area contributed by atoms with Crippen molar-refractivity contribution in [3.05, 3.63) is 29.6 Å². The molecule has 1 aromatic heterocycles. The third-order valence-electron chi connectivity index (χ3n) is 2.35. The second kappa shape index (κ2) is 5.39. The SMILES string of the molecule is CCC(=O)C(C)NC(=O)c1ccc(C)nc1. The van der Waals surface area contributed by atoms with Gasteiger partial charge >= 0.3 is 0 Å². The van der Waals surface area contributed by atoms with Crippen LogP contribution in [0.3, 0.4) is 0 Å². The number of hydrogen-bond donors (Lipinski definition) is 1. The number of carbonyl (C=O) groups excluding carboxylic acids is 2. The Bertz CT molecular complexity index is 385. The van der Waals surface area contributed by atoms with E-state index in [9.17, 15) is 9.59 Å². The fourth-order valence-corrected chi connectivity index (χ4v) is 1.27. The van der Waals surface area contributed by atoms with Crippen LogP contribution in [0, 0.1) is 6.92 Å². The first-order valence-electron chi connectivity index (χ1n) is 5.30. The quantitative estimate of drug-likeness (QED) is 0.836. The number of ketones is 1. The molecule has 0 aliphatic carbocycles. The van der Waals surface area contributed by atoms with Crippen molar-refractivity contribution in [2.45, 2.75) is 33.2 Å². The fraction of sp³-hybridized carbons (Fsp3) is 0.417. The molecule has 1 heterocycles. The first-order valence-corrected chi connectivity index (χ1v) is 5.30. The summed E-state index contributed by atoms with van der Waals surface area (Å²) in [7, 11) is 0. The van der Waals surface area contributed by atoms with Gasteiger partial charge in [-0.2, -0.15) is 0 Å². The number of aryl methyl sites for hydroxylation is 1. The highest BCUT2D eigenvalue weighted by Crippen LogP contribution is 2.00. The molecular weight excluding hydrogens is 204 g/mol. The molecule has 0 saturated carbocycles. The van der Waals surface area contributed by atoms with Crippen LogP contribution < -0.4 is 5.32 Å². The van der Waals surface area contributed by atoms with Crippen LogP contribution in [-0.2, 0) is 4.79 Å². The average molecular weight is 220 g/mol. The summed E-state index contributed by atoms with van der Waals surface area (Å²) in [6.45, 7) is 5.31. The number of pyridine rings is 1. The Balaban J connectivity index is 2.65. The number of rotatable bonds is 4. The van der Waals surface area contributed by atoms with Gasteiger partial charge in [0.25, 0.3) is 5.91 Å². The number of nitrogens with one attached hydrogen (secondary N) is 1. The van der Waals surface area contributed by atoms with Crippen LogP contribution in [0.15, 0.2) is 18.3 Å². The summed E-state index contributed by atoms with van der Waals surface area (Å²) in [5.74, 6) is -0.241. The number of Topliss-reactive ketones (excluding diaryl/α,β-unsaturated/α-hetero) is 1. The van der Waals surface area contributed by atoms with Gasteiger partial charge in [-0.05, 0) is 26.0 Å². The van der Waals surface area contributed by atoms with Crippen molar-refractivity contribution >= 4 is 11.7 Å². The molecule has 0 radical (unpaired) electrons. The largest absolute Gasteiger partial charge is 0.342 e. The van der Waals surface area contributed by atoms with Crippen molar-refractivity contribution in [2.75, 3.05) is 0 Å². The highest BCUT2D eigenvalue weighted by molar-refractivity contribution is 5.97. The summed E-state index contributed by atoms with van der Waals surface area (Å²) in [5, 5.41) is 2.64. The first-order chi connectivity index (χ1) is 7.54. The van der Waals surface area contributed by atoms with Crippen LogP contribution in [0.2, 0.25) is 0 Å². The summed E-state index contributed by atoms with van der Waals surface area (Å²) < 4.78 is 0. The maximum Gasteiger partial charge on any atom is 0.253 e. The van der Waals surface area contributed by atoms with E-state index in [4.69, 9.17) is 0 Å². The first kappa shape index (κ1) is 12.4. The number of hydrogen-bond acceptors (Lipinski definition) is 3. The average Bonchev–Trinajstić information content (AvgIpc) is 2.28. The second-order valence-electron chi connectivity index (χ2n) is 3.70. The Morgan fingerprint density at radius 3 is 2.62 bits per heavy atom. The van der Waals surface area contributed by atoms with Gasteiger partial charge < -0.3 is 5.32 Å². The molecule has 0 fully saturated rings. The smallest absolute Gasteiger partial charge is 0.253 e. The number of carbonyl (C=O) groups is 2. The predicted octanol–water partition coefficient (Wildman–Crippen LogP) is 1.49. The van der Waals surface area contributed by atoms with E-state index in [1.807, 2.05) is 6.92 Å². The molecular formula is C12H16N2O2. The number of amides is 1. The monoisotopic (exact) mass is 220 g/mol. The Kier molecular flexibility index (Phi) is 4.17. The molecule has 0 saturated heterocycles.